The lowest BCUT2D eigenvalue weighted by atomic mass is 10.1. The molecule has 0 saturated carbocycles. The molecule has 4 heteroatoms. The quantitative estimate of drug-likeness (QED) is 0.665. The summed E-state index contributed by atoms with van der Waals surface area (Å²) < 4.78 is 11.2. The van der Waals surface area contributed by atoms with E-state index in [9.17, 15) is 4.79 Å². The summed E-state index contributed by atoms with van der Waals surface area (Å²) in [6.07, 6.45) is 1.78. The Morgan fingerprint density at radius 3 is 2.60 bits per heavy atom. The highest BCUT2D eigenvalue weighted by Gasteiger charge is 2.10. The first kappa shape index (κ1) is 19.0. The van der Waals surface area contributed by atoms with E-state index in [4.69, 9.17) is 9.47 Å². The summed E-state index contributed by atoms with van der Waals surface area (Å²) in [5.41, 5.74) is 2.75. The van der Waals surface area contributed by atoms with Crippen LogP contribution in [-0.2, 0) is 17.8 Å². The minimum atomic E-state index is -0.0734. The first-order valence-electron chi connectivity index (χ1n) is 8.90. The molecule has 0 atom stereocenters. The Bertz CT molecular complexity index is 655. The SMILES string of the molecule is CCCOCc1cc(C(=O)NCCc2ccccc2)ccc1OCC. The van der Waals surface area contributed by atoms with Crippen LogP contribution in [0.2, 0.25) is 0 Å². The molecule has 0 spiro atoms. The third kappa shape index (κ3) is 6.24. The second-order valence-electron chi connectivity index (χ2n) is 5.80. The number of rotatable bonds is 10. The molecule has 0 aliphatic rings. The van der Waals surface area contributed by atoms with E-state index in [0.717, 1.165) is 24.2 Å². The van der Waals surface area contributed by atoms with Crippen molar-refractivity contribution in [3.8, 4) is 5.75 Å². The highest BCUT2D eigenvalue weighted by Crippen LogP contribution is 2.21. The molecule has 134 valence electrons. The number of hydrogen-bond donors (Lipinski definition) is 1. The minimum Gasteiger partial charge on any atom is -0.494 e. The minimum absolute atomic E-state index is 0.0734. The van der Waals surface area contributed by atoms with Crippen LogP contribution in [-0.4, -0.2) is 25.7 Å². The van der Waals surface area contributed by atoms with Crippen LogP contribution < -0.4 is 10.1 Å². The van der Waals surface area contributed by atoms with Crippen LogP contribution >= 0.6 is 0 Å². The molecule has 0 aliphatic carbocycles. The fraction of sp³-hybridized carbons (Fsp3) is 0.381. The molecule has 2 aromatic rings. The maximum atomic E-state index is 12.4. The first-order chi connectivity index (χ1) is 12.2. The molecule has 2 rings (SSSR count). The van der Waals surface area contributed by atoms with Crippen molar-refractivity contribution in [2.45, 2.75) is 33.3 Å². The van der Waals surface area contributed by atoms with Crippen LogP contribution in [0.3, 0.4) is 0 Å². The average Bonchev–Trinajstić information content (AvgIpc) is 2.64. The molecule has 1 N–H and O–H groups in total. The first-order valence-corrected chi connectivity index (χ1v) is 8.90. The number of carbonyl (C=O) groups is 1. The monoisotopic (exact) mass is 341 g/mol. The van der Waals surface area contributed by atoms with E-state index in [2.05, 4.69) is 24.4 Å². The van der Waals surface area contributed by atoms with Crippen molar-refractivity contribution < 1.29 is 14.3 Å². The Hall–Kier alpha value is -2.33. The van der Waals surface area contributed by atoms with Crippen molar-refractivity contribution >= 4 is 5.91 Å². The number of amides is 1. The van der Waals surface area contributed by atoms with Crippen molar-refractivity contribution in [2.24, 2.45) is 0 Å². The van der Waals surface area contributed by atoms with Crippen LogP contribution in [0.4, 0.5) is 0 Å². The van der Waals surface area contributed by atoms with Gasteiger partial charge in [-0.05, 0) is 43.5 Å². The summed E-state index contributed by atoms with van der Waals surface area (Å²) in [4.78, 5) is 12.4. The molecule has 2 aromatic carbocycles. The highest BCUT2D eigenvalue weighted by molar-refractivity contribution is 5.94. The molecule has 0 aromatic heterocycles. The van der Waals surface area contributed by atoms with Crippen LogP contribution in [0.15, 0.2) is 48.5 Å². The van der Waals surface area contributed by atoms with Crippen molar-refractivity contribution in [2.75, 3.05) is 19.8 Å². The standard InChI is InChI=1S/C21H27NO3/c1-3-14-24-16-19-15-18(10-11-20(19)25-4-2)21(23)22-13-12-17-8-6-5-7-9-17/h5-11,15H,3-4,12-14,16H2,1-2H3,(H,22,23). The van der Waals surface area contributed by atoms with Crippen molar-refractivity contribution in [1.82, 2.24) is 5.32 Å². The number of ether oxygens (including phenoxy) is 2. The third-order valence-electron chi connectivity index (χ3n) is 3.77. The van der Waals surface area contributed by atoms with Gasteiger partial charge in [0.05, 0.1) is 13.2 Å². The van der Waals surface area contributed by atoms with E-state index in [1.54, 1.807) is 6.07 Å². The Balaban J connectivity index is 1.96. The van der Waals surface area contributed by atoms with Gasteiger partial charge in [0.2, 0.25) is 0 Å². The lowest BCUT2D eigenvalue weighted by Gasteiger charge is -2.13. The van der Waals surface area contributed by atoms with Gasteiger partial charge in [-0.2, -0.15) is 0 Å². The zero-order valence-corrected chi connectivity index (χ0v) is 15.1. The van der Waals surface area contributed by atoms with Gasteiger partial charge >= 0.3 is 0 Å². The van der Waals surface area contributed by atoms with E-state index in [-0.39, 0.29) is 5.91 Å². The summed E-state index contributed by atoms with van der Waals surface area (Å²) in [5.74, 6) is 0.704. The highest BCUT2D eigenvalue weighted by atomic mass is 16.5. The second-order valence-corrected chi connectivity index (χ2v) is 5.80. The van der Waals surface area contributed by atoms with Gasteiger partial charge in [-0.3, -0.25) is 4.79 Å². The van der Waals surface area contributed by atoms with E-state index in [0.29, 0.717) is 31.9 Å². The molecule has 0 heterocycles. The summed E-state index contributed by atoms with van der Waals surface area (Å²) >= 11 is 0. The molecule has 4 nitrogen and oxygen atoms in total. The smallest absolute Gasteiger partial charge is 0.251 e. The van der Waals surface area contributed by atoms with Gasteiger partial charge in [0.25, 0.3) is 5.91 Å². The largest absolute Gasteiger partial charge is 0.494 e. The fourth-order valence-electron chi connectivity index (χ4n) is 2.52. The molecule has 0 unspecified atom stereocenters. The molecule has 0 saturated heterocycles. The zero-order chi connectivity index (χ0) is 17.9. The normalized spacial score (nSPS) is 10.5. The average molecular weight is 341 g/mol. The van der Waals surface area contributed by atoms with Crippen LogP contribution in [0.5, 0.6) is 5.75 Å². The summed E-state index contributed by atoms with van der Waals surface area (Å²) in [7, 11) is 0. The predicted molar refractivity (Wildman–Crippen MR) is 100 cm³/mol. The van der Waals surface area contributed by atoms with Crippen molar-refractivity contribution in [3.63, 3.8) is 0 Å². The van der Waals surface area contributed by atoms with Crippen LogP contribution in [0, 0.1) is 0 Å². The van der Waals surface area contributed by atoms with Gasteiger partial charge in [0, 0.05) is 24.3 Å². The number of nitrogens with one attached hydrogen (secondary N) is 1. The Morgan fingerprint density at radius 1 is 1.08 bits per heavy atom. The Kier molecular flexibility index (Phi) is 7.99. The molecule has 1 amide bonds. The van der Waals surface area contributed by atoms with E-state index in [1.165, 1.54) is 5.56 Å². The molecular weight excluding hydrogens is 314 g/mol. The van der Waals surface area contributed by atoms with Crippen molar-refractivity contribution in [3.05, 3.63) is 65.2 Å². The maximum Gasteiger partial charge on any atom is 0.251 e. The molecule has 0 bridgehead atoms. The van der Waals surface area contributed by atoms with E-state index >= 15 is 0 Å². The zero-order valence-electron chi connectivity index (χ0n) is 15.1. The van der Waals surface area contributed by atoms with Crippen LogP contribution in [0.1, 0.15) is 41.8 Å². The Labute approximate surface area is 150 Å². The molecule has 0 aliphatic heterocycles. The van der Waals surface area contributed by atoms with Gasteiger partial charge in [0.15, 0.2) is 0 Å². The lowest BCUT2D eigenvalue weighted by molar-refractivity contribution is 0.0953. The number of benzene rings is 2. The third-order valence-corrected chi connectivity index (χ3v) is 3.77. The second kappa shape index (κ2) is 10.5. The van der Waals surface area contributed by atoms with Crippen LogP contribution in [0.25, 0.3) is 0 Å². The summed E-state index contributed by atoms with van der Waals surface area (Å²) in [5, 5.41) is 2.97. The Morgan fingerprint density at radius 2 is 1.88 bits per heavy atom. The lowest BCUT2D eigenvalue weighted by Crippen LogP contribution is -2.25. The topological polar surface area (TPSA) is 47.6 Å². The van der Waals surface area contributed by atoms with Gasteiger partial charge < -0.3 is 14.8 Å². The van der Waals surface area contributed by atoms with Gasteiger partial charge in [-0.25, -0.2) is 0 Å². The van der Waals surface area contributed by atoms with Crippen molar-refractivity contribution in [1.29, 1.82) is 0 Å². The predicted octanol–water partition coefficient (Wildman–Crippen LogP) is 3.98. The molecular formula is C21H27NO3. The molecule has 0 radical (unpaired) electrons. The number of hydrogen-bond acceptors (Lipinski definition) is 3. The van der Waals surface area contributed by atoms with E-state index < -0.39 is 0 Å². The van der Waals surface area contributed by atoms with E-state index in [1.807, 2.05) is 37.3 Å². The molecule has 25 heavy (non-hydrogen) atoms. The fourth-order valence-corrected chi connectivity index (χ4v) is 2.52. The molecule has 0 fully saturated rings. The maximum absolute atomic E-state index is 12.4. The number of carbonyl (C=O) groups excluding carboxylic acids is 1. The van der Waals surface area contributed by atoms with Gasteiger partial charge in [-0.1, -0.05) is 37.3 Å². The van der Waals surface area contributed by atoms with Gasteiger partial charge in [-0.15, -0.1) is 0 Å². The summed E-state index contributed by atoms with van der Waals surface area (Å²) in [6, 6.07) is 15.6. The summed E-state index contributed by atoms with van der Waals surface area (Å²) in [6.45, 7) is 6.36. The van der Waals surface area contributed by atoms with Gasteiger partial charge in [0.1, 0.15) is 5.75 Å².